The first-order chi connectivity index (χ1) is 15.7. The Balaban J connectivity index is 1.26. The van der Waals surface area contributed by atoms with Crippen molar-refractivity contribution in [3.05, 3.63) is 34.3 Å². The van der Waals surface area contributed by atoms with Crippen molar-refractivity contribution >= 4 is 22.4 Å². The maximum absolute atomic E-state index is 12.9. The Morgan fingerprint density at radius 3 is 2.81 bits per heavy atom. The van der Waals surface area contributed by atoms with Crippen LogP contribution in [0.5, 0.6) is 11.5 Å². The zero-order valence-corrected chi connectivity index (χ0v) is 19.3. The SMILES string of the molecule is CCCc1nc(NC2(c3ccc4c(c3)OCO4)CC2)sc1C(=O)NCCN1CCOCC1. The van der Waals surface area contributed by atoms with Crippen LogP contribution in [-0.4, -0.2) is 62.0 Å². The largest absolute Gasteiger partial charge is 0.454 e. The van der Waals surface area contributed by atoms with E-state index in [2.05, 4.69) is 34.6 Å². The molecule has 2 aliphatic heterocycles. The number of nitrogens with zero attached hydrogens (tertiary/aromatic N) is 2. The molecule has 0 unspecified atom stereocenters. The normalized spacial score (nSPS) is 19.0. The molecular weight excluding hydrogens is 428 g/mol. The van der Waals surface area contributed by atoms with E-state index in [1.807, 2.05) is 6.07 Å². The molecule has 1 saturated carbocycles. The number of fused-ring (bicyclic) bond motifs is 1. The van der Waals surface area contributed by atoms with Gasteiger partial charge in [-0.3, -0.25) is 9.69 Å². The van der Waals surface area contributed by atoms with Crippen molar-refractivity contribution in [2.24, 2.45) is 0 Å². The van der Waals surface area contributed by atoms with E-state index >= 15 is 0 Å². The standard InChI is InChI=1S/C23H30N4O4S/c1-2-3-17-20(21(28)24-8-9-27-10-12-29-13-11-27)32-22(25-17)26-23(6-7-23)16-4-5-18-19(14-16)31-15-30-18/h4-5,14H,2-3,6-13,15H2,1H3,(H,24,28)(H,25,26). The number of nitrogens with one attached hydrogen (secondary N) is 2. The van der Waals surface area contributed by atoms with Crippen LogP contribution in [0.4, 0.5) is 5.13 Å². The molecule has 0 bridgehead atoms. The van der Waals surface area contributed by atoms with Gasteiger partial charge in [0, 0.05) is 26.2 Å². The first kappa shape index (κ1) is 21.5. The van der Waals surface area contributed by atoms with Gasteiger partial charge in [-0.15, -0.1) is 0 Å². The Bertz CT molecular complexity index is 969. The topological polar surface area (TPSA) is 85.0 Å². The molecule has 0 atom stereocenters. The first-order valence-electron chi connectivity index (χ1n) is 11.4. The predicted octanol–water partition coefficient (Wildman–Crippen LogP) is 2.99. The molecule has 2 aromatic rings. The van der Waals surface area contributed by atoms with Gasteiger partial charge in [0.15, 0.2) is 16.6 Å². The lowest BCUT2D eigenvalue weighted by atomic mass is 10.0. The molecule has 1 aromatic heterocycles. The number of ether oxygens (including phenoxy) is 3. The van der Waals surface area contributed by atoms with Gasteiger partial charge in [0.05, 0.1) is 24.4 Å². The third-order valence-electron chi connectivity index (χ3n) is 6.23. The van der Waals surface area contributed by atoms with Crippen molar-refractivity contribution in [1.82, 2.24) is 15.2 Å². The van der Waals surface area contributed by atoms with E-state index in [0.29, 0.717) is 6.54 Å². The van der Waals surface area contributed by atoms with Crippen LogP contribution >= 0.6 is 11.3 Å². The predicted molar refractivity (Wildman–Crippen MR) is 123 cm³/mol. The Morgan fingerprint density at radius 2 is 2.03 bits per heavy atom. The molecule has 0 spiro atoms. The number of thiazole rings is 1. The molecule has 32 heavy (non-hydrogen) atoms. The zero-order chi connectivity index (χ0) is 22.0. The third-order valence-corrected chi connectivity index (χ3v) is 7.24. The van der Waals surface area contributed by atoms with Gasteiger partial charge in [0.2, 0.25) is 6.79 Å². The minimum Gasteiger partial charge on any atom is -0.454 e. The van der Waals surface area contributed by atoms with E-state index in [1.54, 1.807) is 0 Å². The molecule has 172 valence electrons. The highest BCUT2D eigenvalue weighted by molar-refractivity contribution is 7.17. The number of carbonyl (C=O) groups is 1. The average Bonchev–Trinajstić information content (AvgIpc) is 3.25. The number of aryl methyl sites for hydroxylation is 1. The molecule has 1 saturated heterocycles. The Morgan fingerprint density at radius 1 is 1.22 bits per heavy atom. The van der Waals surface area contributed by atoms with Crippen LogP contribution in [0.15, 0.2) is 18.2 Å². The number of hydrogen-bond acceptors (Lipinski definition) is 8. The Kier molecular flexibility index (Phi) is 6.21. The lowest BCUT2D eigenvalue weighted by Gasteiger charge is -2.26. The van der Waals surface area contributed by atoms with E-state index < -0.39 is 0 Å². The second kappa shape index (κ2) is 9.25. The molecule has 9 heteroatoms. The molecule has 5 rings (SSSR count). The fraction of sp³-hybridized carbons (Fsp3) is 0.565. The Hall–Kier alpha value is -2.36. The minimum atomic E-state index is -0.146. The van der Waals surface area contributed by atoms with Crippen LogP contribution in [0.3, 0.4) is 0 Å². The Labute approximate surface area is 192 Å². The van der Waals surface area contributed by atoms with Gasteiger partial charge in [-0.05, 0) is 37.0 Å². The van der Waals surface area contributed by atoms with Gasteiger partial charge in [0.1, 0.15) is 4.88 Å². The number of benzene rings is 1. The first-order valence-corrected chi connectivity index (χ1v) is 12.2. The van der Waals surface area contributed by atoms with Gasteiger partial charge in [-0.2, -0.15) is 0 Å². The number of aromatic nitrogens is 1. The van der Waals surface area contributed by atoms with E-state index in [1.165, 1.54) is 16.9 Å². The summed E-state index contributed by atoms with van der Waals surface area (Å²) in [5, 5.41) is 7.52. The molecule has 1 aromatic carbocycles. The van der Waals surface area contributed by atoms with E-state index in [0.717, 1.165) is 85.7 Å². The number of amides is 1. The van der Waals surface area contributed by atoms with Crippen LogP contribution < -0.4 is 20.1 Å². The molecule has 3 heterocycles. The van der Waals surface area contributed by atoms with E-state index in [-0.39, 0.29) is 18.2 Å². The number of morpholine rings is 1. The summed E-state index contributed by atoms with van der Waals surface area (Å²) in [4.78, 5) is 20.8. The van der Waals surface area contributed by atoms with Gasteiger partial charge in [0.25, 0.3) is 5.91 Å². The van der Waals surface area contributed by atoms with Crippen LogP contribution in [0.2, 0.25) is 0 Å². The average molecular weight is 459 g/mol. The summed E-state index contributed by atoms with van der Waals surface area (Å²) in [6.45, 7) is 7.24. The number of anilines is 1. The van der Waals surface area contributed by atoms with Crippen molar-refractivity contribution in [2.45, 2.75) is 38.1 Å². The van der Waals surface area contributed by atoms with Gasteiger partial charge in [-0.25, -0.2) is 4.98 Å². The molecule has 2 N–H and O–H groups in total. The summed E-state index contributed by atoms with van der Waals surface area (Å²) in [5.74, 6) is 1.56. The summed E-state index contributed by atoms with van der Waals surface area (Å²) in [5.41, 5.74) is 1.91. The van der Waals surface area contributed by atoms with E-state index in [9.17, 15) is 4.79 Å². The number of rotatable bonds is 9. The fourth-order valence-corrected chi connectivity index (χ4v) is 5.26. The van der Waals surface area contributed by atoms with Crippen LogP contribution in [0.1, 0.15) is 47.1 Å². The lowest BCUT2D eigenvalue weighted by molar-refractivity contribution is 0.0383. The lowest BCUT2D eigenvalue weighted by Crippen LogP contribution is -2.41. The molecule has 0 radical (unpaired) electrons. The summed E-state index contributed by atoms with van der Waals surface area (Å²) in [7, 11) is 0. The van der Waals surface area contributed by atoms with Crippen LogP contribution in [-0.2, 0) is 16.7 Å². The quantitative estimate of drug-likeness (QED) is 0.598. The molecule has 1 amide bonds. The van der Waals surface area contributed by atoms with Gasteiger partial charge in [-0.1, -0.05) is 30.7 Å². The van der Waals surface area contributed by atoms with Crippen molar-refractivity contribution in [2.75, 3.05) is 51.5 Å². The van der Waals surface area contributed by atoms with Crippen molar-refractivity contribution in [1.29, 1.82) is 0 Å². The summed E-state index contributed by atoms with van der Waals surface area (Å²) < 4.78 is 16.4. The maximum Gasteiger partial charge on any atom is 0.263 e. The molecule has 8 nitrogen and oxygen atoms in total. The van der Waals surface area contributed by atoms with Gasteiger partial charge >= 0.3 is 0 Å². The molecule has 1 aliphatic carbocycles. The number of hydrogen-bond donors (Lipinski definition) is 2. The fourth-order valence-electron chi connectivity index (χ4n) is 4.23. The van der Waals surface area contributed by atoms with E-state index in [4.69, 9.17) is 19.2 Å². The second-order valence-electron chi connectivity index (χ2n) is 8.53. The van der Waals surface area contributed by atoms with Crippen molar-refractivity contribution in [3.8, 4) is 11.5 Å². The van der Waals surface area contributed by atoms with Gasteiger partial charge < -0.3 is 24.8 Å². The van der Waals surface area contributed by atoms with Crippen LogP contribution in [0, 0.1) is 0 Å². The highest BCUT2D eigenvalue weighted by atomic mass is 32.1. The minimum absolute atomic E-state index is 0.0276. The smallest absolute Gasteiger partial charge is 0.263 e. The van der Waals surface area contributed by atoms with Crippen molar-refractivity contribution < 1.29 is 19.0 Å². The van der Waals surface area contributed by atoms with Crippen LogP contribution in [0.25, 0.3) is 0 Å². The highest BCUT2D eigenvalue weighted by Crippen LogP contribution is 2.51. The number of carbonyl (C=O) groups excluding carboxylic acids is 1. The molecule has 3 aliphatic rings. The molecular formula is C23H30N4O4S. The summed E-state index contributed by atoms with van der Waals surface area (Å²) in [6, 6.07) is 6.12. The third kappa shape index (κ3) is 4.55. The monoisotopic (exact) mass is 458 g/mol. The maximum atomic E-state index is 12.9. The molecule has 2 fully saturated rings. The summed E-state index contributed by atoms with van der Waals surface area (Å²) >= 11 is 1.46. The summed E-state index contributed by atoms with van der Waals surface area (Å²) in [6.07, 6.45) is 3.79. The highest BCUT2D eigenvalue weighted by Gasteiger charge is 2.46. The zero-order valence-electron chi connectivity index (χ0n) is 18.4. The van der Waals surface area contributed by atoms with Crippen molar-refractivity contribution in [3.63, 3.8) is 0 Å². The second-order valence-corrected chi connectivity index (χ2v) is 9.53.